The Morgan fingerprint density at radius 2 is 1.89 bits per heavy atom. The molecule has 1 aliphatic heterocycles. The molecule has 2 heterocycles. The molecule has 0 saturated carbocycles. The molecule has 4 rings (SSSR count). The Morgan fingerprint density at radius 1 is 1.26 bits per heavy atom. The zero-order valence-electron chi connectivity index (χ0n) is 19.7. The number of amides is 1. The van der Waals surface area contributed by atoms with Crippen molar-refractivity contribution in [1.82, 2.24) is 9.21 Å². The molecule has 3 aromatic rings. The lowest BCUT2D eigenvalue weighted by molar-refractivity contribution is -0.192. The first kappa shape index (κ1) is 29.4. The third kappa shape index (κ3) is 6.43. The van der Waals surface area contributed by atoms with Crippen molar-refractivity contribution in [3.63, 3.8) is 0 Å². The number of likely N-dealkylation sites (N-methyl/N-ethyl adjacent to an activating group) is 1. The normalized spacial score (nSPS) is 16.0. The van der Waals surface area contributed by atoms with E-state index in [9.17, 15) is 26.4 Å². The van der Waals surface area contributed by atoms with Crippen LogP contribution in [0.5, 0.6) is 0 Å². The standard InChI is InChI=1S/C21H21ClN4O3S2.C2HF3O2/c1-25(31(28,29)19-11-15-16(22)6-3-7-18(15)30-19)17-8-9-26(21(17)27)12-13-4-2-5-14(10-13)20(23)24;3-2(4,5)1(6)7/h2-7,10-11,17H,8-9,12H2,1H3,(H3,23,24);(H,6,7). The monoisotopic (exact) mass is 590 g/mol. The number of halogens is 4. The van der Waals surface area contributed by atoms with Gasteiger partial charge in [-0.05, 0) is 36.2 Å². The van der Waals surface area contributed by atoms with Crippen molar-refractivity contribution in [2.24, 2.45) is 5.73 Å². The van der Waals surface area contributed by atoms with E-state index < -0.39 is 28.2 Å². The van der Waals surface area contributed by atoms with E-state index in [0.29, 0.717) is 35.5 Å². The summed E-state index contributed by atoms with van der Waals surface area (Å²) in [6, 6.07) is 13.3. The number of carboxylic acids is 1. The number of nitrogens with one attached hydrogen (secondary N) is 1. The predicted octanol–water partition coefficient (Wildman–Crippen LogP) is 3.89. The summed E-state index contributed by atoms with van der Waals surface area (Å²) >= 11 is 7.34. The average molecular weight is 591 g/mol. The summed E-state index contributed by atoms with van der Waals surface area (Å²) in [4.78, 5) is 23.5. The molecule has 204 valence electrons. The number of amidine groups is 1. The molecule has 1 fully saturated rings. The molecule has 1 amide bonds. The number of benzene rings is 2. The predicted molar refractivity (Wildman–Crippen MR) is 137 cm³/mol. The first-order valence-corrected chi connectivity index (χ1v) is 13.4. The lowest BCUT2D eigenvalue weighted by Gasteiger charge is -2.23. The van der Waals surface area contributed by atoms with Gasteiger partial charge < -0.3 is 15.7 Å². The largest absolute Gasteiger partial charge is 0.490 e. The van der Waals surface area contributed by atoms with Gasteiger partial charge in [-0.25, -0.2) is 13.2 Å². The van der Waals surface area contributed by atoms with Crippen molar-refractivity contribution in [1.29, 1.82) is 5.41 Å². The third-order valence-corrected chi connectivity index (χ3v) is 9.43. The molecule has 4 N–H and O–H groups in total. The molecule has 1 saturated heterocycles. The fourth-order valence-electron chi connectivity index (χ4n) is 3.71. The summed E-state index contributed by atoms with van der Waals surface area (Å²) in [5, 5.41) is 15.9. The zero-order valence-corrected chi connectivity index (χ0v) is 22.1. The highest BCUT2D eigenvalue weighted by atomic mass is 35.5. The number of nitrogen functional groups attached to an aromatic ring is 1. The molecule has 0 bridgehead atoms. The van der Waals surface area contributed by atoms with E-state index in [1.807, 2.05) is 12.1 Å². The molecule has 1 aliphatic rings. The highest BCUT2D eigenvalue weighted by molar-refractivity contribution is 7.91. The van der Waals surface area contributed by atoms with Crippen molar-refractivity contribution in [2.75, 3.05) is 13.6 Å². The van der Waals surface area contributed by atoms with Crippen LogP contribution in [0.1, 0.15) is 17.5 Å². The van der Waals surface area contributed by atoms with Gasteiger partial charge in [-0.1, -0.05) is 35.9 Å². The Labute approximate surface area is 224 Å². The Bertz CT molecular complexity index is 1490. The van der Waals surface area contributed by atoms with Crippen LogP contribution in [-0.2, 0) is 26.2 Å². The summed E-state index contributed by atoms with van der Waals surface area (Å²) in [5.41, 5.74) is 6.97. The van der Waals surface area contributed by atoms with E-state index in [0.717, 1.165) is 21.6 Å². The molecule has 0 spiro atoms. The summed E-state index contributed by atoms with van der Waals surface area (Å²) in [5.74, 6) is -3.03. The van der Waals surface area contributed by atoms with Crippen molar-refractivity contribution in [3.8, 4) is 0 Å². The number of aliphatic carboxylic acids is 1. The van der Waals surface area contributed by atoms with E-state index in [-0.39, 0.29) is 16.0 Å². The molecule has 1 aromatic heterocycles. The van der Waals surface area contributed by atoms with Crippen LogP contribution >= 0.6 is 22.9 Å². The number of thiophene rings is 1. The highest BCUT2D eigenvalue weighted by Gasteiger charge is 2.40. The Balaban J connectivity index is 0.000000505. The number of carbonyl (C=O) groups is 2. The van der Waals surface area contributed by atoms with E-state index in [1.165, 1.54) is 11.4 Å². The minimum absolute atomic E-state index is 0.0401. The number of fused-ring (bicyclic) bond motifs is 1. The molecule has 1 atom stereocenters. The second-order valence-corrected chi connectivity index (χ2v) is 11.9. The highest BCUT2D eigenvalue weighted by Crippen LogP contribution is 2.35. The van der Waals surface area contributed by atoms with Crippen molar-refractivity contribution in [3.05, 3.63) is 64.7 Å². The summed E-state index contributed by atoms with van der Waals surface area (Å²) in [6.45, 7) is 0.786. The SMILES string of the molecule is CN(C1CCN(Cc2cccc(C(=N)N)c2)C1=O)S(=O)(=O)c1cc2c(Cl)cccc2s1.O=C(O)C(F)(F)F. The molecule has 0 radical (unpaired) electrons. The van der Waals surface area contributed by atoms with Crippen LogP contribution in [0.3, 0.4) is 0 Å². The number of nitrogens with zero attached hydrogens (tertiary/aromatic N) is 2. The summed E-state index contributed by atoms with van der Waals surface area (Å²) in [6.07, 6.45) is -4.67. The van der Waals surface area contributed by atoms with Gasteiger partial charge in [0.05, 0.1) is 0 Å². The fraction of sp³-hybridized carbons (Fsp3) is 0.261. The van der Waals surface area contributed by atoms with Gasteiger partial charge in [-0.2, -0.15) is 17.5 Å². The zero-order chi connectivity index (χ0) is 28.4. The maximum Gasteiger partial charge on any atom is 0.490 e. The van der Waals surface area contributed by atoms with Crippen molar-refractivity contribution >= 4 is 60.8 Å². The number of hydrogen-bond donors (Lipinski definition) is 3. The van der Waals surface area contributed by atoms with Crippen LogP contribution in [0.4, 0.5) is 13.2 Å². The van der Waals surface area contributed by atoms with Gasteiger partial charge in [0, 0.05) is 40.8 Å². The van der Waals surface area contributed by atoms with E-state index in [2.05, 4.69) is 0 Å². The third-order valence-electron chi connectivity index (χ3n) is 5.68. The number of hydrogen-bond acceptors (Lipinski definition) is 6. The van der Waals surface area contributed by atoms with Gasteiger partial charge in [0.25, 0.3) is 10.0 Å². The molecule has 0 aliphatic carbocycles. The van der Waals surface area contributed by atoms with Gasteiger partial charge in [-0.15, -0.1) is 11.3 Å². The molecule has 9 nitrogen and oxygen atoms in total. The van der Waals surface area contributed by atoms with E-state index >= 15 is 0 Å². The lowest BCUT2D eigenvalue weighted by atomic mass is 10.1. The molecule has 38 heavy (non-hydrogen) atoms. The molecular weight excluding hydrogens is 569 g/mol. The average Bonchev–Trinajstić information content (AvgIpc) is 3.44. The molecule has 2 aromatic carbocycles. The first-order chi connectivity index (χ1) is 17.6. The van der Waals surface area contributed by atoms with Crippen LogP contribution in [0.2, 0.25) is 5.02 Å². The van der Waals surface area contributed by atoms with Gasteiger partial charge in [0.1, 0.15) is 16.1 Å². The fourth-order valence-corrected chi connectivity index (χ4v) is 6.94. The Hall–Kier alpha value is -3.20. The second-order valence-electron chi connectivity index (χ2n) is 8.22. The number of nitrogens with two attached hydrogens (primary N) is 1. The second kappa shape index (κ2) is 11.3. The van der Waals surface area contributed by atoms with Gasteiger partial charge in [-0.3, -0.25) is 10.2 Å². The van der Waals surface area contributed by atoms with Gasteiger partial charge >= 0.3 is 12.1 Å². The quantitative estimate of drug-likeness (QED) is 0.293. The number of alkyl halides is 3. The maximum atomic E-state index is 13.2. The summed E-state index contributed by atoms with van der Waals surface area (Å²) < 4.78 is 60.3. The first-order valence-electron chi connectivity index (χ1n) is 10.8. The van der Waals surface area contributed by atoms with Crippen LogP contribution in [0.15, 0.2) is 52.7 Å². The van der Waals surface area contributed by atoms with Crippen LogP contribution in [-0.4, -0.2) is 66.3 Å². The van der Waals surface area contributed by atoms with Crippen LogP contribution in [0.25, 0.3) is 10.1 Å². The molecule has 1 unspecified atom stereocenters. The van der Waals surface area contributed by atoms with Gasteiger partial charge in [0.15, 0.2) is 0 Å². The topological polar surface area (TPSA) is 145 Å². The number of rotatable bonds is 6. The number of carbonyl (C=O) groups excluding carboxylic acids is 1. The van der Waals surface area contributed by atoms with Crippen molar-refractivity contribution < 1.29 is 36.3 Å². The van der Waals surface area contributed by atoms with E-state index in [1.54, 1.807) is 41.3 Å². The minimum Gasteiger partial charge on any atom is -0.475 e. The van der Waals surface area contributed by atoms with Crippen LogP contribution < -0.4 is 5.73 Å². The Kier molecular flexibility index (Phi) is 8.71. The Morgan fingerprint density at radius 3 is 2.47 bits per heavy atom. The molecule has 15 heteroatoms. The number of likely N-dealkylation sites (tertiary alicyclic amines) is 1. The minimum atomic E-state index is -5.08. The summed E-state index contributed by atoms with van der Waals surface area (Å²) in [7, 11) is -2.40. The lowest BCUT2D eigenvalue weighted by Crippen LogP contribution is -2.42. The van der Waals surface area contributed by atoms with E-state index in [4.69, 9.17) is 32.6 Å². The maximum absolute atomic E-state index is 13.2. The van der Waals surface area contributed by atoms with Gasteiger partial charge in [0.2, 0.25) is 5.91 Å². The van der Waals surface area contributed by atoms with Crippen molar-refractivity contribution in [2.45, 2.75) is 29.4 Å². The smallest absolute Gasteiger partial charge is 0.475 e. The van der Waals surface area contributed by atoms with Crippen LogP contribution in [0, 0.1) is 5.41 Å². The number of sulfonamides is 1. The molecular formula is C23H22ClF3N4O5S2. The number of carboxylic acid groups (broad SMARTS) is 1.